The molecule has 2 heterocycles. The number of hydrogen-bond donors (Lipinski definition) is 2. The first-order chi connectivity index (χ1) is 9.13. The van der Waals surface area contributed by atoms with E-state index in [1.807, 2.05) is 6.08 Å². The first-order valence-corrected chi connectivity index (χ1v) is 6.42. The van der Waals surface area contributed by atoms with E-state index >= 15 is 0 Å². The molecule has 0 fully saturated rings. The van der Waals surface area contributed by atoms with Gasteiger partial charge in [0, 0.05) is 24.2 Å². The van der Waals surface area contributed by atoms with E-state index in [-0.39, 0.29) is 11.7 Å². The van der Waals surface area contributed by atoms with Gasteiger partial charge < -0.3 is 5.11 Å². The van der Waals surface area contributed by atoms with Gasteiger partial charge in [-0.25, -0.2) is 4.79 Å². The lowest BCUT2D eigenvalue weighted by molar-refractivity contribution is 0.0686. The predicted octanol–water partition coefficient (Wildman–Crippen LogP) is 2.20. The minimum atomic E-state index is -0.965. The van der Waals surface area contributed by atoms with Gasteiger partial charge in [0.1, 0.15) is 5.69 Å². The molecule has 0 saturated carbocycles. The molecule has 0 aliphatic carbocycles. The lowest BCUT2D eigenvalue weighted by atomic mass is 9.99. The van der Waals surface area contributed by atoms with Crippen LogP contribution in [0.2, 0.25) is 0 Å². The Morgan fingerprint density at radius 1 is 1.74 bits per heavy atom. The molecule has 1 aliphatic heterocycles. The molecule has 0 amide bonds. The summed E-state index contributed by atoms with van der Waals surface area (Å²) in [6.45, 7) is 6.50. The van der Waals surface area contributed by atoms with Gasteiger partial charge in [-0.15, -0.1) is 6.58 Å². The van der Waals surface area contributed by atoms with Crippen LogP contribution in [0.15, 0.2) is 31.0 Å². The summed E-state index contributed by atoms with van der Waals surface area (Å²) in [5, 5.41) is 15.5. The van der Waals surface area contributed by atoms with Crippen LogP contribution in [0.3, 0.4) is 0 Å². The third-order valence-electron chi connectivity index (χ3n) is 3.54. The number of H-pyrrole nitrogens is 1. The largest absolute Gasteiger partial charge is 0.477 e. The molecule has 5 nitrogen and oxygen atoms in total. The number of aromatic nitrogens is 2. The van der Waals surface area contributed by atoms with Gasteiger partial charge in [-0.2, -0.15) is 5.10 Å². The van der Waals surface area contributed by atoms with Crippen molar-refractivity contribution in [1.82, 2.24) is 15.1 Å². The molecule has 0 spiro atoms. The Bertz CT molecular complexity index is 493. The normalized spacial score (nSPS) is 23.4. The monoisotopic (exact) mass is 261 g/mol. The highest BCUT2D eigenvalue weighted by atomic mass is 16.4. The number of aromatic amines is 1. The highest BCUT2D eigenvalue weighted by molar-refractivity contribution is 5.86. The summed E-state index contributed by atoms with van der Waals surface area (Å²) < 4.78 is 0. The molecule has 0 saturated heterocycles. The average molecular weight is 261 g/mol. The van der Waals surface area contributed by atoms with Gasteiger partial charge in [0.15, 0.2) is 0 Å². The number of carboxylic acids is 1. The van der Waals surface area contributed by atoms with Crippen LogP contribution in [0.4, 0.5) is 0 Å². The maximum Gasteiger partial charge on any atom is 0.354 e. The van der Waals surface area contributed by atoms with Crippen LogP contribution in [0.25, 0.3) is 0 Å². The van der Waals surface area contributed by atoms with E-state index in [9.17, 15) is 4.79 Å². The fraction of sp³-hybridized carbons (Fsp3) is 0.429. The van der Waals surface area contributed by atoms with Gasteiger partial charge in [-0.05, 0) is 19.8 Å². The van der Waals surface area contributed by atoms with Gasteiger partial charge in [0.25, 0.3) is 0 Å². The molecule has 0 unspecified atom stereocenters. The number of carbonyl (C=O) groups is 1. The molecule has 102 valence electrons. The second-order valence-electron chi connectivity index (χ2n) is 4.83. The van der Waals surface area contributed by atoms with E-state index in [4.69, 9.17) is 5.11 Å². The molecule has 1 aromatic rings. The molecule has 19 heavy (non-hydrogen) atoms. The zero-order chi connectivity index (χ0) is 13.8. The van der Waals surface area contributed by atoms with Crippen LogP contribution in [0.1, 0.15) is 35.8 Å². The Balaban J connectivity index is 2.19. The number of nitrogens with zero attached hydrogens (tertiary/aromatic N) is 2. The molecular formula is C14H19N3O2. The van der Waals surface area contributed by atoms with Crippen molar-refractivity contribution in [2.24, 2.45) is 0 Å². The van der Waals surface area contributed by atoms with Crippen molar-refractivity contribution < 1.29 is 9.90 Å². The molecule has 1 aliphatic rings. The second-order valence-corrected chi connectivity index (χ2v) is 4.83. The van der Waals surface area contributed by atoms with Crippen LogP contribution < -0.4 is 0 Å². The lowest BCUT2D eigenvalue weighted by Crippen LogP contribution is -2.42. The molecule has 1 aromatic heterocycles. The highest BCUT2D eigenvalue weighted by Crippen LogP contribution is 2.23. The quantitative estimate of drug-likeness (QED) is 0.797. The zero-order valence-corrected chi connectivity index (χ0v) is 11.0. The van der Waals surface area contributed by atoms with Crippen LogP contribution in [0, 0.1) is 0 Å². The van der Waals surface area contributed by atoms with Crippen molar-refractivity contribution in [2.45, 2.75) is 38.4 Å². The van der Waals surface area contributed by atoms with Crippen LogP contribution >= 0.6 is 0 Å². The molecular weight excluding hydrogens is 242 g/mol. The van der Waals surface area contributed by atoms with Crippen molar-refractivity contribution in [3.05, 3.63) is 42.3 Å². The zero-order valence-electron chi connectivity index (χ0n) is 11.0. The van der Waals surface area contributed by atoms with Gasteiger partial charge in [-0.1, -0.05) is 18.2 Å². The fourth-order valence-electron chi connectivity index (χ4n) is 2.52. The third kappa shape index (κ3) is 2.93. The standard InChI is InChI=1S/C14H19N3O2/c1-3-5-12-7-4-6-10(2)17(12)9-11-8-15-16-13(11)14(18)19/h3-4,6,8,10,12H,1,5,7,9H2,2H3,(H,15,16)(H,18,19)/t10-,12-/m1/s1. The Hall–Kier alpha value is -1.88. The molecule has 0 radical (unpaired) electrons. The number of aromatic carboxylic acids is 1. The molecule has 0 aromatic carbocycles. The van der Waals surface area contributed by atoms with Gasteiger partial charge in [-0.3, -0.25) is 10.00 Å². The smallest absolute Gasteiger partial charge is 0.354 e. The van der Waals surface area contributed by atoms with E-state index < -0.39 is 5.97 Å². The number of nitrogens with one attached hydrogen (secondary N) is 1. The molecule has 0 bridgehead atoms. The topological polar surface area (TPSA) is 69.2 Å². The lowest BCUT2D eigenvalue weighted by Gasteiger charge is -2.37. The van der Waals surface area contributed by atoms with Crippen molar-refractivity contribution in [2.75, 3.05) is 0 Å². The number of rotatable bonds is 5. The second kappa shape index (κ2) is 5.84. The van der Waals surface area contributed by atoms with Gasteiger partial charge in [0.05, 0.1) is 6.20 Å². The SMILES string of the molecule is C=CC[C@@H]1CC=C[C@@H](C)N1Cc1cn[nH]c1C(=O)O. The maximum atomic E-state index is 11.1. The molecule has 5 heteroatoms. The summed E-state index contributed by atoms with van der Waals surface area (Å²) in [5.74, 6) is -0.965. The van der Waals surface area contributed by atoms with Crippen molar-refractivity contribution >= 4 is 5.97 Å². The Kier molecular flexibility index (Phi) is 4.16. The number of hydrogen-bond acceptors (Lipinski definition) is 3. The molecule has 2 atom stereocenters. The van der Waals surface area contributed by atoms with E-state index in [2.05, 4.69) is 40.8 Å². The van der Waals surface area contributed by atoms with Crippen LogP contribution in [0.5, 0.6) is 0 Å². The summed E-state index contributed by atoms with van der Waals surface area (Å²) in [4.78, 5) is 13.4. The summed E-state index contributed by atoms with van der Waals surface area (Å²) in [6.07, 6.45) is 9.71. The third-order valence-corrected chi connectivity index (χ3v) is 3.54. The predicted molar refractivity (Wildman–Crippen MR) is 72.9 cm³/mol. The minimum absolute atomic E-state index is 0.180. The maximum absolute atomic E-state index is 11.1. The van der Waals surface area contributed by atoms with E-state index in [1.54, 1.807) is 6.20 Å². The first-order valence-electron chi connectivity index (χ1n) is 6.42. The van der Waals surface area contributed by atoms with Gasteiger partial charge >= 0.3 is 5.97 Å². The Morgan fingerprint density at radius 3 is 3.21 bits per heavy atom. The Morgan fingerprint density at radius 2 is 2.53 bits per heavy atom. The van der Waals surface area contributed by atoms with Crippen LogP contribution in [-0.4, -0.2) is 38.3 Å². The summed E-state index contributed by atoms with van der Waals surface area (Å²) in [6, 6.07) is 0.657. The van der Waals surface area contributed by atoms with Gasteiger partial charge in [0.2, 0.25) is 0 Å². The van der Waals surface area contributed by atoms with E-state index in [0.717, 1.165) is 18.4 Å². The molecule has 2 rings (SSSR count). The summed E-state index contributed by atoms with van der Waals surface area (Å²) >= 11 is 0. The Labute approximate surface area is 112 Å². The summed E-state index contributed by atoms with van der Waals surface area (Å²) in [5.41, 5.74) is 0.905. The van der Waals surface area contributed by atoms with Crippen molar-refractivity contribution in [3.8, 4) is 0 Å². The van der Waals surface area contributed by atoms with E-state index in [1.165, 1.54) is 0 Å². The van der Waals surface area contributed by atoms with E-state index in [0.29, 0.717) is 12.6 Å². The van der Waals surface area contributed by atoms with Crippen molar-refractivity contribution in [3.63, 3.8) is 0 Å². The van der Waals surface area contributed by atoms with Crippen LogP contribution in [-0.2, 0) is 6.54 Å². The minimum Gasteiger partial charge on any atom is -0.477 e. The fourth-order valence-corrected chi connectivity index (χ4v) is 2.52. The molecule has 2 N–H and O–H groups in total. The summed E-state index contributed by atoms with van der Waals surface area (Å²) in [7, 11) is 0. The van der Waals surface area contributed by atoms with Crippen molar-refractivity contribution in [1.29, 1.82) is 0 Å². The highest BCUT2D eigenvalue weighted by Gasteiger charge is 2.25. The average Bonchev–Trinajstić information content (AvgIpc) is 2.82. The number of carboxylic acid groups (broad SMARTS) is 1. The first kappa shape index (κ1) is 13.5.